The Morgan fingerprint density at radius 2 is 1.75 bits per heavy atom. The number of hydrogen-bond donors (Lipinski definition) is 1. The number of nitrogens with one attached hydrogen (secondary N) is 1. The highest BCUT2D eigenvalue weighted by Crippen LogP contribution is 2.21. The number of rotatable bonds is 10. The zero-order chi connectivity index (χ0) is 20.5. The van der Waals surface area contributed by atoms with Gasteiger partial charge in [-0.25, -0.2) is 4.39 Å². The van der Waals surface area contributed by atoms with Crippen molar-refractivity contribution in [2.75, 3.05) is 27.2 Å². The van der Waals surface area contributed by atoms with Gasteiger partial charge in [0.2, 0.25) is 5.91 Å². The number of likely N-dealkylation sites (N-methyl/N-ethyl adjacent to an activating group) is 1. The van der Waals surface area contributed by atoms with E-state index in [4.69, 9.17) is 4.74 Å². The number of carbonyl (C=O) groups is 2. The van der Waals surface area contributed by atoms with Crippen LogP contribution in [-0.4, -0.2) is 43.8 Å². The summed E-state index contributed by atoms with van der Waals surface area (Å²) in [6.45, 7) is 2.95. The zero-order valence-corrected chi connectivity index (χ0v) is 16.6. The van der Waals surface area contributed by atoms with Crippen LogP contribution in [0.4, 0.5) is 4.39 Å². The molecule has 1 N–H and O–H groups in total. The third-order valence-corrected chi connectivity index (χ3v) is 4.45. The van der Waals surface area contributed by atoms with Crippen LogP contribution in [0.3, 0.4) is 0 Å². The summed E-state index contributed by atoms with van der Waals surface area (Å²) in [6, 6.07) is 13.6. The van der Waals surface area contributed by atoms with Crippen molar-refractivity contribution >= 4 is 11.7 Å². The van der Waals surface area contributed by atoms with Crippen LogP contribution in [0, 0.1) is 5.82 Å². The van der Waals surface area contributed by atoms with Crippen molar-refractivity contribution in [1.82, 2.24) is 10.2 Å². The lowest BCUT2D eigenvalue weighted by molar-refractivity contribution is -0.121. The van der Waals surface area contributed by atoms with Crippen molar-refractivity contribution in [3.05, 3.63) is 65.5 Å². The monoisotopic (exact) mass is 386 g/mol. The number of nitrogens with zero attached hydrogens (tertiary/aromatic N) is 1. The van der Waals surface area contributed by atoms with Gasteiger partial charge in [-0.15, -0.1) is 0 Å². The molecule has 0 aliphatic heterocycles. The van der Waals surface area contributed by atoms with E-state index < -0.39 is 5.82 Å². The Hall–Kier alpha value is -2.73. The molecule has 6 heteroatoms. The third-order valence-electron chi connectivity index (χ3n) is 4.45. The molecule has 0 fully saturated rings. The van der Waals surface area contributed by atoms with Crippen molar-refractivity contribution in [3.8, 4) is 5.75 Å². The normalized spacial score (nSPS) is 11.9. The molecule has 1 amide bonds. The van der Waals surface area contributed by atoms with E-state index in [1.165, 1.54) is 18.2 Å². The van der Waals surface area contributed by atoms with Crippen molar-refractivity contribution in [2.24, 2.45) is 0 Å². The Bertz CT molecular complexity index is 791. The van der Waals surface area contributed by atoms with Crippen LogP contribution < -0.4 is 10.1 Å². The lowest BCUT2D eigenvalue weighted by Crippen LogP contribution is -2.34. The molecule has 1 atom stereocenters. The fourth-order valence-electron chi connectivity index (χ4n) is 2.90. The highest BCUT2D eigenvalue weighted by atomic mass is 19.1. The van der Waals surface area contributed by atoms with Gasteiger partial charge in [0.1, 0.15) is 11.6 Å². The van der Waals surface area contributed by atoms with Gasteiger partial charge < -0.3 is 15.0 Å². The van der Waals surface area contributed by atoms with E-state index in [1.807, 2.05) is 50.2 Å². The van der Waals surface area contributed by atoms with E-state index >= 15 is 0 Å². The zero-order valence-electron chi connectivity index (χ0n) is 16.6. The van der Waals surface area contributed by atoms with E-state index in [0.717, 1.165) is 11.3 Å². The molecule has 0 saturated heterocycles. The predicted molar refractivity (Wildman–Crippen MR) is 107 cm³/mol. The summed E-state index contributed by atoms with van der Waals surface area (Å²) in [5, 5.41) is 2.87. The van der Waals surface area contributed by atoms with E-state index in [2.05, 4.69) is 5.32 Å². The number of hydrogen-bond acceptors (Lipinski definition) is 4. The van der Waals surface area contributed by atoms with Crippen LogP contribution in [0.5, 0.6) is 5.75 Å². The molecule has 0 saturated carbocycles. The molecule has 150 valence electrons. The Kier molecular flexibility index (Phi) is 8.14. The van der Waals surface area contributed by atoms with Crippen molar-refractivity contribution in [2.45, 2.75) is 25.8 Å². The second-order valence-electron chi connectivity index (χ2n) is 6.69. The summed E-state index contributed by atoms with van der Waals surface area (Å²) in [6.07, 6.45) is -0.000947. The van der Waals surface area contributed by atoms with Crippen molar-refractivity contribution in [1.29, 1.82) is 0 Å². The van der Waals surface area contributed by atoms with Crippen LogP contribution in [0.1, 0.15) is 41.7 Å². The van der Waals surface area contributed by atoms with Gasteiger partial charge >= 0.3 is 0 Å². The average Bonchev–Trinajstić information content (AvgIpc) is 2.68. The first kappa shape index (κ1) is 21.6. The topological polar surface area (TPSA) is 58.6 Å². The first-order valence-electron chi connectivity index (χ1n) is 9.36. The molecule has 0 aliphatic rings. The number of benzene rings is 2. The standard InChI is InChI=1S/C22H27FN2O3/c1-4-28-17-11-9-16(10-12-17)20(25(2)3)15-24-22(27)14-13-21(26)18-7-5-6-8-19(18)23/h5-12,20H,4,13-15H2,1-3H3,(H,24,27). The number of ether oxygens (including phenoxy) is 1. The van der Waals surface area contributed by atoms with Gasteiger partial charge in [-0.1, -0.05) is 24.3 Å². The molecule has 0 heterocycles. The van der Waals surface area contributed by atoms with Gasteiger partial charge in [0.05, 0.1) is 18.2 Å². The lowest BCUT2D eigenvalue weighted by Gasteiger charge is -2.25. The molecule has 0 aromatic heterocycles. The molecule has 0 aliphatic carbocycles. The Morgan fingerprint density at radius 1 is 1.07 bits per heavy atom. The number of Topliss-reactive ketones (excluding diaryl/α,β-unsaturated/α-hetero) is 1. The molecule has 2 aromatic carbocycles. The summed E-state index contributed by atoms with van der Waals surface area (Å²) in [5.74, 6) is -0.359. The Labute approximate surface area is 165 Å². The molecular formula is C22H27FN2O3. The molecule has 5 nitrogen and oxygen atoms in total. The molecule has 2 rings (SSSR count). The van der Waals surface area contributed by atoms with Gasteiger partial charge in [0, 0.05) is 19.4 Å². The van der Waals surface area contributed by atoms with Crippen LogP contribution in [0.15, 0.2) is 48.5 Å². The van der Waals surface area contributed by atoms with E-state index in [9.17, 15) is 14.0 Å². The first-order valence-corrected chi connectivity index (χ1v) is 9.36. The minimum absolute atomic E-state index is 0.0121. The molecule has 2 aromatic rings. The Balaban J connectivity index is 1.88. The van der Waals surface area contributed by atoms with Crippen LogP contribution in [0.25, 0.3) is 0 Å². The highest BCUT2D eigenvalue weighted by Gasteiger charge is 2.17. The lowest BCUT2D eigenvalue weighted by atomic mass is 10.0. The number of amides is 1. The predicted octanol–water partition coefficient (Wildman–Crippen LogP) is 3.61. The third kappa shape index (κ3) is 6.16. The molecule has 0 bridgehead atoms. The van der Waals surface area contributed by atoms with Crippen molar-refractivity contribution in [3.63, 3.8) is 0 Å². The smallest absolute Gasteiger partial charge is 0.220 e. The number of carbonyl (C=O) groups excluding carboxylic acids is 2. The second kappa shape index (κ2) is 10.6. The van der Waals surface area contributed by atoms with Crippen LogP contribution in [-0.2, 0) is 4.79 Å². The summed E-state index contributed by atoms with van der Waals surface area (Å²) in [7, 11) is 3.88. The van der Waals surface area contributed by atoms with E-state index in [1.54, 1.807) is 6.07 Å². The molecule has 0 radical (unpaired) electrons. The van der Waals surface area contributed by atoms with Gasteiger partial charge in [0.25, 0.3) is 0 Å². The maximum Gasteiger partial charge on any atom is 0.220 e. The van der Waals surface area contributed by atoms with Crippen LogP contribution >= 0.6 is 0 Å². The van der Waals surface area contributed by atoms with Gasteiger partial charge in [0.15, 0.2) is 5.78 Å². The molecule has 1 unspecified atom stereocenters. The number of ketones is 1. The fourth-order valence-corrected chi connectivity index (χ4v) is 2.90. The number of halogens is 1. The largest absolute Gasteiger partial charge is 0.494 e. The maximum atomic E-state index is 13.6. The SMILES string of the molecule is CCOc1ccc(C(CNC(=O)CCC(=O)c2ccccc2F)N(C)C)cc1. The minimum atomic E-state index is -0.559. The maximum absolute atomic E-state index is 13.6. The van der Waals surface area contributed by atoms with Crippen molar-refractivity contribution < 1.29 is 18.7 Å². The highest BCUT2D eigenvalue weighted by molar-refractivity contribution is 5.98. The van der Waals surface area contributed by atoms with Gasteiger partial charge in [-0.3, -0.25) is 9.59 Å². The van der Waals surface area contributed by atoms with Gasteiger partial charge in [-0.05, 0) is 50.8 Å². The summed E-state index contributed by atoms with van der Waals surface area (Å²) in [4.78, 5) is 26.3. The first-order chi connectivity index (χ1) is 13.4. The summed E-state index contributed by atoms with van der Waals surface area (Å²) >= 11 is 0. The fraction of sp³-hybridized carbons (Fsp3) is 0.364. The van der Waals surface area contributed by atoms with E-state index in [0.29, 0.717) is 13.2 Å². The second-order valence-corrected chi connectivity index (χ2v) is 6.69. The van der Waals surface area contributed by atoms with E-state index in [-0.39, 0.29) is 36.1 Å². The minimum Gasteiger partial charge on any atom is -0.494 e. The summed E-state index contributed by atoms with van der Waals surface area (Å²) in [5.41, 5.74) is 1.08. The molecule has 28 heavy (non-hydrogen) atoms. The average molecular weight is 386 g/mol. The molecular weight excluding hydrogens is 359 g/mol. The Morgan fingerprint density at radius 3 is 2.36 bits per heavy atom. The molecule has 0 spiro atoms. The quantitative estimate of drug-likeness (QED) is 0.634. The summed E-state index contributed by atoms with van der Waals surface area (Å²) < 4.78 is 19.1. The van der Waals surface area contributed by atoms with Crippen LogP contribution in [0.2, 0.25) is 0 Å². The van der Waals surface area contributed by atoms with Gasteiger partial charge in [-0.2, -0.15) is 0 Å².